The molecule has 0 aromatic carbocycles. The van der Waals surface area contributed by atoms with Crippen LogP contribution in [-0.2, 0) is 9.59 Å². The number of rotatable bonds is 5. The van der Waals surface area contributed by atoms with Gasteiger partial charge in [0, 0.05) is 0 Å². The van der Waals surface area contributed by atoms with Gasteiger partial charge in [0.15, 0.2) is 0 Å². The summed E-state index contributed by atoms with van der Waals surface area (Å²) in [5, 5.41) is 35.1. The lowest BCUT2D eigenvalue weighted by molar-refractivity contribution is -0.151. The highest BCUT2D eigenvalue weighted by molar-refractivity contribution is 5.76. The topological polar surface area (TPSA) is 127 Å². The van der Waals surface area contributed by atoms with E-state index in [1.165, 1.54) is 0 Å². The Labute approximate surface area is 67.2 Å². The third-order valence-corrected chi connectivity index (χ3v) is 1.07. The third kappa shape index (κ3) is 3.28. The maximum Gasteiger partial charge on any atom is 0.347 e. The Bertz CT molecular complexity index is 181. The standard InChI is InChI=1S/C5H9NO6/c7-1-2(4(9)10)6-3(8)5(11)12/h2-3,6-8H,1H2,(H,9,10)(H,11,12)/t2-,3?/m0/s1. The molecular weight excluding hydrogens is 170 g/mol. The second-order valence-corrected chi connectivity index (χ2v) is 1.98. The predicted molar refractivity (Wildman–Crippen MR) is 35.3 cm³/mol. The first-order valence-corrected chi connectivity index (χ1v) is 2.99. The molecule has 12 heavy (non-hydrogen) atoms. The van der Waals surface area contributed by atoms with Crippen molar-refractivity contribution in [1.82, 2.24) is 5.32 Å². The Kier molecular flexibility index (Phi) is 4.19. The van der Waals surface area contributed by atoms with E-state index < -0.39 is 30.8 Å². The van der Waals surface area contributed by atoms with E-state index in [9.17, 15) is 9.59 Å². The molecule has 5 N–H and O–H groups in total. The predicted octanol–water partition coefficient (Wildman–Crippen LogP) is -2.58. The van der Waals surface area contributed by atoms with Gasteiger partial charge in [-0.25, -0.2) is 4.79 Å². The van der Waals surface area contributed by atoms with Crippen LogP contribution in [0.4, 0.5) is 0 Å². The number of aliphatic carboxylic acids is 2. The van der Waals surface area contributed by atoms with Crippen molar-refractivity contribution in [2.75, 3.05) is 6.61 Å². The van der Waals surface area contributed by atoms with Gasteiger partial charge in [0.25, 0.3) is 0 Å². The smallest absolute Gasteiger partial charge is 0.347 e. The SMILES string of the molecule is O=C(O)C(O)N[C@@H](CO)C(=O)O. The molecule has 0 spiro atoms. The summed E-state index contributed by atoms with van der Waals surface area (Å²) in [7, 11) is 0. The molecule has 0 fully saturated rings. The first-order chi connectivity index (χ1) is 5.49. The molecule has 1 unspecified atom stereocenters. The largest absolute Gasteiger partial charge is 0.480 e. The minimum atomic E-state index is -1.99. The van der Waals surface area contributed by atoms with Crippen LogP contribution in [0.5, 0.6) is 0 Å². The van der Waals surface area contributed by atoms with Crippen molar-refractivity contribution in [3.05, 3.63) is 0 Å². The van der Waals surface area contributed by atoms with Crippen LogP contribution in [0, 0.1) is 0 Å². The first-order valence-electron chi connectivity index (χ1n) is 2.99. The van der Waals surface area contributed by atoms with Gasteiger partial charge in [0.05, 0.1) is 6.61 Å². The van der Waals surface area contributed by atoms with Crippen LogP contribution in [0.25, 0.3) is 0 Å². The fourth-order valence-corrected chi connectivity index (χ4v) is 0.464. The lowest BCUT2D eigenvalue weighted by Crippen LogP contribution is -2.48. The Morgan fingerprint density at radius 2 is 1.75 bits per heavy atom. The van der Waals surface area contributed by atoms with Gasteiger partial charge in [-0.3, -0.25) is 10.1 Å². The molecule has 0 rings (SSSR count). The van der Waals surface area contributed by atoms with Crippen molar-refractivity contribution >= 4 is 11.9 Å². The molecule has 0 aromatic heterocycles. The van der Waals surface area contributed by atoms with Gasteiger partial charge < -0.3 is 20.4 Å². The highest BCUT2D eigenvalue weighted by atomic mass is 16.4. The lowest BCUT2D eigenvalue weighted by atomic mass is 10.3. The monoisotopic (exact) mass is 179 g/mol. The number of carbonyl (C=O) groups is 2. The lowest BCUT2D eigenvalue weighted by Gasteiger charge is -2.13. The normalized spacial score (nSPS) is 15.2. The third-order valence-electron chi connectivity index (χ3n) is 1.07. The summed E-state index contributed by atoms with van der Waals surface area (Å²) < 4.78 is 0. The van der Waals surface area contributed by atoms with Crippen LogP contribution in [-0.4, -0.2) is 51.2 Å². The number of hydrogen-bond donors (Lipinski definition) is 5. The maximum absolute atomic E-state index is 10.2. The van der Waals surface area contributed by atoms with Crippen molar-refractivity contribution in [3.63, 3.8) is 0 Å². The van der Waals surface area contributed by atoms with E-state index >= 15 is 0 Å². The zero-order valence-electron chi connectivity index (χ0n) is 5.97. The van der Waals surface area contributed by atoms with Crippen LogP contribution >= 0.6 is 0 Å². The van der Waals surface area contributed by atoms with Crippen molar-refractivity contribution in [3.8, 4) is 0 Å². The van der Waals surface area contributed by atoms with Gasteiger partial charge in [0.2, 0.25) is 6.23 Å². The minimum absolute atomic E-state index is 0.792. The number of carboxylic acids is 2. The van der Waals surface area contributed by atoms with Gasteiger partial charge in [-0.05, 0) is 0 Å². The summed E-state index contributed by atoms with van der Waals surface area (Å²) in [6.07, 6.45) is -1.99. The molecule has 0 aromatic rings. The van der Waals surface area contributed by atoms with E-state index in [0.29, 0.717) is 0 Å². The average Bonchev–Trinajstić information content (AvgIpc) is 1.98. The Hall–Kier alpha value is -1.18. The molecule has 0 radical (unpaired) electrons. The molecule has 0 aliphatic heterocycles. The molecule has 0 saturated heterocycles. The van der Waals surface area contributed by atoms with E-state index in [2.05, 4.69) is 0 Å². The number of hydrogen-bond acceptors (Lipinski definition) is 5. The van der Waals surface area contributed by atoms with E-state index in [0.717, 1.165) is 0 Å². The average molecular weight is 179 g/mol. The summed E-state index contributed by atoms with van der Waals surface area (Å²) >= 11 is 0. The summed E-state index contributed by atoms with van der Waals surface area (Å²) in [5.74, 6) is -3.03. The van der Waals surface area contributed by atoms with E-state index in [1.807, 2.05) is 0 Å². The van der Waals surface area contributed by atoms with E-state index in [4.69, 9.17) is 20.4 Å². The highest BCUT2D eigenvalue weighted by Gasteiger charge is 2.22. The van der Waals surface area contributed by atoms with Crippen molar-refractivity contribution in [2.24, 2.45) is 0 Å². The zero-order valence-corrected chi connectivity index (χ0v) is 5.97. The van der Waals surface area contributed by atoms with Crippen LogP contribution in [0.3, 0.4) is 0 Å². The fraction of sp³-hybridized carbons (Fsp3) is 0.600. The van der Waals surface area contributed by atoms with Gasteiger partial charge in [-0.15, -0.1) is 0 Å². The fourth-order valence-electron chi connectivity index (χ4n) is 0.464. The molecular formula is C5H9NO6. The number of aliphatic hydroxyl groups is 2. The molecule has 0 heterocycles. The van der Waals surface area contributed by atoms with E-state index in [-0.39, 0.29) is 0 Å². The van der Waals surface area contributed by atoms with Crippen LogP contribution < -0.4 is 5.32 Å². The summed E-state index contributed by atoms with van der Waals surface area (Å²) in [5.41, 5.74) is 0. The van der Waals surface area contributed by atoms with Crippen LogP contribution in [0.15, 0.2) is 0 Å². The molecule has 0 amide bonds. The maximum atomic E-state index is 10.2. The summed E-state index contributed by atoms with van der Waals surface area (Å²) in [6, 6.07) is -1.48. The Balaban J connectivity index is 4.02. The first kappa shape index (κ1) is 10.8. The molecule has 7 nitrogen and oxygen atoms in total. The van der Waals surface area contributed by atoms with Crippen LogP contribution in [0.1, 0.15) is 0 Å². The second-order valence-electron chi connectivity index (χ2n) is 1.98. The summed E-state index contributed by atoms with van der Waals surface area (Å²) in [4.78, 5) is 20.1. The van der Waals surface area contributed by atoms with Crippen LogP contribution in [0.2, 0.25) is 0 Å². The molecule has 0 bridgehead atoms. The zero-order chi connectivity index (χ0) is 9.72. The molecule has 0 aliphatic carbocycles. The minimum Gasteiger partial charge on any atom is -0.480 e. The van der Waals surface area contributed by atoms with Gasteiger partial charge >= 0.3 is 11.9 Å². The van der Waals surface area contributed by atoms with Gasteiger partial charge in [0.1, 0.15) is 6.04 Å². The quantitative estimate of drug-likeness (QED) is 0.293. The number of aliphatic hydroxyl groups excluding tert-OH is 2. The molecule has 70 valence electrons. The van der Waals surface area contributed by atoms with Crippen molar-refractivity contribution < 1.29 is 30.0 Å². The molecule has 0 saturated carbocycles. The van der Waals surface area contributed by atoms with Gasteiger partial charge in [-0.1, -0.05) is 0 Å². The highest BCUT2D eigenvalue weighted by Crippen LogP contribution is 1.85. The number of carboxylic acid groups (broad SMARTS) is 2. The summed E-state index contributed by atoms with van der Waals surface area (Å²) in [6.45, 7) is -0.792. The van der Waals surface area contributed by atoms with Gasteiger partial charge in [-0.2, -0.15) is 0 Å². The van der Waals surface area contributed by atoms with E-state index in [1.54, 1.807) is 5.32 Å². The molecule has 0 aliphatic rings. The molecule has 7 heteroatoms. The van der Waals surface area contributed by atoms with Crippen molar-refractivity contribution in [1.29, 1.82) is 0 Å². The Morgan fingerprint density at radius 1 is 1.25 bits per heavy atom. The second kappa shape index (κ2) is 4.65. The van der Waals surface area contributed by atoms with Crippen molar-refractivity contribution in [2.45, 2.75) is 12.3 Å². The molecule has 2 atom stereocenters. The number of nitrogens with one attached hydrogen (secondary N) is 1. The Morgan fingerprint density at radius 3 is 2.00 bits per heavy atom.